The first-order valence-electron chi connectivity index (χ1n) is 5.85. The first-order valence-corrected chi connectivity index (χ1v) is 5.85. The fourth-order valence-electron chi connectivity index (χ4n) is 1.87. The number of piperazine rings is 1. The van der Waals surface area contributed by atoms with Crippen molar-refractivity contribution in [3.63, 3.8) is 0 Å². The van der Waals surface area contributed by atoms with Gasteiger partial charge in [0.1, 0.15) is 5.82 Å². The minimum absolute atomic E-state index is 0.0180. The molecule has 0 atom stereocenters. The van der Waals surface area contributed by atoms with E-state index in [0.717, 1.165) is 0 Å². The highest BCUT2D eigenvalue weighted by molar-refractivity contribution is 5.95. The van der Waals surface area contributed by atoms with Crippen LogP contribution in [0.15, 0.2) is 12.3 Å². The molecule has 19 heavy (non-hydrogen) atoms. The number of amides is 1. The van der Waals surface area contributed by atoms with Crippen molar-refractivity contribution in [2.45, 2.75) is 0 Å². The normalized spacial score (nSPS) is 15.6. The van der Waals surface area contributed by atoms with Gasteiger partial charge in [0.25, 0.3) is 0 Å². The van der Waals surface area contributed by atoms with Crippen LogP contribution in [0.25, 0.3) is 0 Å². The average molecular weight is 264 g/mol. The fraction of sp³-hybridized carbons (Fsp3) is 0.417. The van der Waals surface area contributed by atoms with Crippen LogP contribution >= 0.6 is 0 Å². The zero-order valence-electron chi connectivity index (χ0n) is 10.9. The number of rotatable bonds is 2. The Morgan fingerprint density at radius 1 is 1.47 bits per heavy atom. The number of aromatic nitrogens is 1. The van der Waals surface area contributed by atoms with Crippen molar-refractivity contribution < 1.29 is 14.3 Å². The van der Waals surface area contributed by atoms with Crippen molar-refractivity contribution in [1.82, 2.24) is 9.88 Å². The molecule has 102 valence electrons. The molecule has 1 saturated heterocycles. The van der Waals surface area contributed by atoms with Crippen molar-refractivity contribution in [1.29, 1.82) is 0 Å². The SMILES string of the molecule is COC(=O)c1cc(N2CCN(C)C(=O)C2)ncc1N. The van der Waals surface area contributed by atoms with Crippen LogP contribution in [-0.2, 0) is 9.53 Å². The van der Waals surface area contributed by atoms with Crippen LogP contribution in [0.5, 0.6) is 0 Å². The summed E-state index contributed by atoms with van der Waals surface area (Å²) in [5, 5.41) is 0. The molecule has 0 aliphatic carbocycles. The molecule has 0 saturated carbocycles. The number of esters is 1. The summed E-state index contributed by atoms with van der Waals surface area (Å²) in [5.74, 6) is 0.0575. The Morgan fingerprint density at radius 2 is 2.21 bits per heavy atom. The van der Waals surface area contributed by atoms with Gasteiger partial charge in [0, 0.05) is 20.1 Å². The van der Waals surface area contributed by atoms with Gasteiger partial charge >= 0.3 is 5.97 Å². The number of nitrogen functional groups attached to an aromatic ring is 1. The number of hydrogen-bond acceptors (Lipinski definition) is 6. The molecule has 1 amide bonds. The van der Waals surface area contributed by atoms with E-state index in [1.54, 1.807) is 18.0 Å². The second-order valence-corrected chi connectivity index (χ2v) is 4.36. The quantitative estimate of drug-likeness (QED) is 0.740. The molecule has 0 aromatic carbocycles. The van der Waals surface area contributed by atoms with Crippen LogP contribution in [0.1, 0.15) is 10.4 Å². The Labute approximate surface area is 110 Å². The van der Waals surface area contributed by atoms with E-state index >= 15 is 0 Å². The smallest absolute Gasteiger partial charge is 0.340 e. The lowest BCUT2D eigenvalue weighted by Crippen LogP contribution is -2.48. The molecule has 0 spiro atoms. The Bertz CT molecular complexity index is 518. The highest BCUT2D eigenvalue weighted by Crippen LogP contribution is 2.20. The largest absolute Gasteiger partial charge is 0.465 e. The van der Waals surface area contributed by atoms with E-state index < -0.39 is 5.97 Å². The summed E-state index contributed by atoms with van der Waals surface area (Å²) < 4.78 is 4.66. The number of nitrogens with zero attached hydrogens (tertiary/aromatic N) is 3. The molecule has 1 aliphatic heterocycles. The topological polar surface area (TPSA) is 88.8 Å². The van der Waals surface area contributed by atoms with Gasteiger partial charge in [-0.15, -0.1) is 0 Å². The fourth-order valence-corrected chi connectivity index (χ4v) is 1.87. The lowest BCUT2D eigenvalue weighted by Gasteiger charge is -2.32. The molecule has 7 heteroatoms. The number of carbonyl (C=O) groups excluding carboxylic acids is 2. The first kappa shape index (κ1) is 13.1. The molecule has 1 aliphatic rings. The molecular formula is C12H16N4O3. The van der Waals surface area contributed by atoms with E-state index in [-0.39, 0.29) is 23.7 Å². The van der Waals surface area contributed by atoms with E-state index in [2.05, 4.69) is 9.72 Å². The zero-order chi connectivity index (χ0) is 14.0. The first-order chi connectivity index (χ1) is 9.02. The minimum atomic E-state index is -0.512. The Kier molecular flexibility index (Phi) is 3.55. The highest BCUT2D eigenvalue weighted by atomic mass is 16.5. The van der Waals surface area contributed by atoms with Crippen molar-refractivity contribution >= 4 is 23.4 Å². The maximum Gasteiger partial charge on any atom is 0.340 e. The van der Waals surface area contributed by atoms with Gasteiger partial charge in [-0.05, 0) is 6.07 Å². The number of ether oxygens (including phenoxy) is 1. The summed E-state index contributed by atoms with van der Waals surface area (Å²) in [6.45, 7) is 1.53. The van der Waals surface area contributed by atoms with Crippen LogP contribution in [0, 0.1) is 0 Å². The molecule has 1 fully saturated rings. The predicted octanol–water partition coefficient (Wildman–Crippen LogP) is -0.271. The summed E-state index contributed by atoms with van der Waals surface area (Å²) in [4.78, 5) is 30.9. The Hall–Kier alpha value is -2.31. The van der Waals surface area contributed by atoms with Crippen molar-refractivity contribution in [2.24, 2.45) is 0 Å². The van der Waals surface area contributed by atoms with Crippen LogP contribution in [0.3, 0.4) is 0 Å². The zero-order valence-corrected chi connectivity index (χ0v) is 10.9. The molecule has 0 unspecified atom stereocenters. The van der Waals surface area contributed by atoms with E-state index in [1.807, 2.05) is 4.90 Å². The van der Waals surface area contributed by atoms with E-state index in [9.17, 15) is 9.59 Å². The molecule has 2 N–H and O–H groups in total. The maximum atomic E-state index is 11.7. The van der Waals surface area contributed by atoms with Crippen LogP contribution in [0.2, 0.25) is 0 Å². The van der Waals surface area contributed by atoms with E-state index in [1.165, 1.54) is 13.3 Å². The van der Waals surface area contributed by atoms with Crippen molar-refractivity contribution in [2.75, 3.05) is 44.4 Å². The molecule has 0 bridgehead atoms. The number of carbonyl (C=O) groups is 2. The molecule has 0 radical (unpaired) electrons. The highest BCUT2D eigenvalue weighted by Gasteiger charge is 2.23. The van der Waals surface area contributed by atoms with Crippen LogP contribution in [0.4, 0.5) is 11.5 Å². The van der Waals surface area contributed by atoms with Gasteiger partial charge < -0.3 is 20.3 Å². The van der Waals surface area contributed by atoms with Gasteiger partial charge in [-0.2, -0.15) is 0 Å². The number of nitrogens with two attached hydrogens (primary N) is 1. The number of hydrogen-bond donors (Lipinski definition) is 1. The summed E-state index contributed by atoms with van der Waals surface area (Å²) >= 11 is 0. The second kappa shape index (κ2) is 5.13. The summed E-state index contributed by atoms with van der Waals surface area (Å²) in [5.41, 5.74) is 6.21. The van der Waals surface area contributed by atoms with Gasteiger partial charge in [-0.25, -0.2) is 9.78 Å². The van der Waals surface area contributed by atoms with Gasteiger partial charge in [-0.1, -0.05) is 0 Å². The van der Waals surface area contributed by atoms with E-state index in [4.69, 9.17) is 5.73 Å². The molecule has 7 nitrogen and oxygen atoms in total. The lowest BCUT2D eigenvalue weighted by molar-refractivity contribution is -0.129. The third kappa shape index (κ3) is 2.59. The maximum absolute atomic E-state index is 11.7. The van der Waals surface area contributed by atoms with Crippen LogP contribution in [-0.4, -0.2) is 55.6 Å². The average Bonchev–Trinajstić information content (AvgIpc) is 2.41. The van der Waals surface area contributed by atoms with Gasteiger partial charge in [0.05, 0.1) is 31.1 Å². The summed E-state index contributed by atoms with van der Waals surface area (Å²) in [6.07, 6.45) is 1.41. The number of pyridine rings is 1. The molecule has 1 aromatic rings. The molecular weight excluding hydrogens is 248 g/mol. The van der Waals surface area contributed by atoms with E-state index in [0.29, 0.717) is 18.9 Å². The standard InChI is InChI=1S/C12H16N4O3/c1-15-3-4-16(7-11(15)17)10-5-8(12(18)19-2)9(13)6-14-10/h5-6H,3-4,7,13H2,1-2H3. The Balaban J connectivity index is 2.26. The van der Waals surface area contributed by atoms with Crippen LogP contribution < -0.4 is 10.6 Å². The lowest BCUT2D eigenvalue weighted by atomic mass is 10.2. The number of anilines is 2. The number of methoxy groups -OCH3 is 1. The predicted molar refractivity (Wildman–Crippen MR) is 69.8 cm³/mol. The van der Waals surface area contributed by atoms with Gasteiger partial charge in [-0.3, -0.25) is 4.79 Å². The third-order valence-corrected chi connectivity index (χ3v) is 3.11. The number of likely N-dealkylation sites (N-methyl/N-ethyl adjacent to an activating group) is 1. The Morgan fingerprint density at radius 3 is 2.84 bits per heavy atom. The summed E-state index contributed by atoms with van der Waals surface area (Å²) in [6, 6.07) is 1.56. The third-order valence-electron chi connectivity index (χ3n) is 3.11. The van der Waals surface area contributed by atoms with Crippen molar-refractivity contribution in [3.05, 3.63) is 17.8 Å². The summed E-state index contributed by atoms with van der Waals surface area (Å²) in [7, 11) is 3.05. The minimum Gasteiger partial charge on any atom is -0.465 e. The molecule has 2 heterocycles. The van der Waals surface area contributed by atoms with Crippen molar-refractivity contribution in [3.8, 4) is 0 Å². The second-order valence-electron chi connectivity index (χ2n) is 4.36. The molecule has 1 aromatic heterocycles. The van der Waals surface area contributed by atoms with Gasteiger partial charge in [0.2, 0.25) is 5.91 Å². The molecule has 2 rings (SSSR count). The van der Waals surface area contributed by atoms with Gasteiger partial charge in [0.15, 0.2) is 0 Å². The monoisotopic (exact) mass is 264 g/mol.